The summed E-state index contributed by atoms with van der Waals surface area (Å²) in [4.78, 5) is 0. The summed E-state index contributed by atoms with van der Waals surface area (Å²) in [6.07, 6.45) is 1.76. The van der Waals surface area contributed by atoms with Crippen molar-refractivity contribution < 1.29 is 44.6 Å². The summed E-state index contributed by atoms with van der Waals surface area (Å²) in [6.45, 7) is 3.59. The number of hydrogen-bond acceptors (Lipinski definition) is 2. The lowest BCUT2D eigenvalue weighted by Crippen LogP contribution is -2.21. The zero-order valence-electron chi connectivity index (χ0n) is 15.1. The number of rotatable bonds is 12. The largest absolute Gasteiger partial charge is 0.377 e. The van der Waals surface area contributed by atoms with Crippen LogP contribution in [0.25, 0.3) is 0 Å². The molecule has 0 unspecified atom stereocenters. The molecule has 0 aromatic heterocycles. The molecule has 0 aromatic rings. The van der Waals surface area contributed by atoms with Crippen LogP contribution in [0.3, 0.4) is 0 Å². The Labute approximate surface area is 179 Å². The van der Waals surface area contributed by atoms with E-state index in [1.165, 1.54) is 12.2 Å². The first-order valence-electron chi connectivity index (χ1n) is 7.25. The van der Waals surface area contributed by atoms with Crippen molar-refractivity contribution >= 4 is 0 Å². The van der Waals surface area contributed by atoms with E-state index in [9.17, 15) is 35.1 Å². The first-order chi connectivity index (χ1) is 12.2. The van der Waals surface area contributed by atoms with Crippen molar-refractivity contribution in [1.29, 1.82) is 0 Å². The van der Waals surface area contributed by atoms with Crippen LogP contribution in [-0.4, -0.2) is 66.0 Å². The lowest BCUT2D eigenvalue weighted by atomic mass is 10.3. The average Bonchev–Trinajstić information content (AvgIpc) is 2.66. The first kappa shape index (κ1) is 51.5. The number of hydrogen-bond donors (Lipinski definition) is 0. The third-order valence-corrected chi connectivity index (χ3v) is 2.09. The average molecular weight is 469 g/mol. The summed E-state index contributed by atoms with van der Waals surface area (Å²) >= 11 is 0. The molecular formula is C20H44F8O2. The monoisotopic (exact) mass is 468 g/mol. The van der Waals surface area contributed by atoms with Gasteiger partial charge in [-0.3, -0.25) is 8.78 Å². The van der Waals surface area contributed by atoms with Gasteiger partial charge in [0.15, 0.2) is 13.3 Å². The zero-order chi connectivity index (χ0) is 21.5. The molecule has 0 heterocycles. The van der Waals surface area contributed by atoms with Gasteiger partial charge in [-0.1, -0.05) is 41.9 Å². The molecule has 0 aromatic carbocycles. The van der Waals surface area contributed by atoms with Crippen LogP contribution in [0.2, 0.25) is 0 Å². The fourth-order valence-electron chi connectivity index (χ4n) is 0.910. The molecule has 2 nitrogen and oxygen atoms in total. The zero-order valence-corrected chi connectivity index (χ0v) is 15.1. The molecule has 0 spiro atoms. The van der Waals surface area contributed by atoms with Gasteiger partial charge in [0.1, 0.15) is 0 Å². The van der Waals surface area contributed by atoms with Gasteiger partial charge in [0.2, 0.25) is 0 Å². The van der Waals surface area contributed by atoms with Crippen molar-refractivity contribution in [3.05, 3.63) is 25.3 Å². The molecule has 0 radical (unpaired) electrons. The van der Waals surface area contributed by atoms with Gasteiger partial charge < -0.3 is 9.47 Å². The van der Waals surface area contributed by atoms with Crippen molar-refractivity contribution in [1.82, 2.24) is 0 Å². The van der Waals surface area contributed by atoms with E-state index in [0.717, 1.165) is 0 Å². The molecule has 0 saturated heterocycles. The Bertz CT molecular complexity index is 264. The number of alkyl halides is 8. The quantitative estimate of drug-likeness (QED) is 0.164. The topological polar surface area (TPSA) is 18.5 Å². The van der Waals surface area contributed by atoms with Crippen LogP contribution in [-0.2, 0) is 9.47 Å². The Morgan fingerprint density at radius 1 is 0.633 bits per heavy atom. The Morgan fingerprint density at radius 2 is 0.867 bits per heavy atom. The van der Waals surface area contributed by atoms with Gasteiger partial charge in [0.05, 0.1) is 40.8 Å². The van der Waals surface area contributed by atoms with Crippen LogP contribution in [0.5, 0.6) is 0 Å². The summed E-state index contributed by atoms with van der Waals surface area (Å²) < 4.78 is 99.6. The van der Waals surface area contributed by atoms with Crippen LogP contribution < -0.4 is 0 Å². The predicted molar refractivity (Wildman–Crippen MR) is 114 cm³/mol. The summed E-state index contributed by atoms with van der Waals surface area (Å²) in [6, 6.07) is 0. The third-order valence-electron chi connectivity index (χ3n) is 2.09. The molecule has 0 amide bonds. The lowest BCUT2D eigenvalue weighted by Gasteiger charge is -2.10. The molecule has 0 saturated carbocycles. The van der Waals surface area contributed by atoms with E-state index in [0.29, 0.717) is 14.4 Å². The maximum atomic E-state index is 12.1. The lowest BCUT2D eigenvalue weighted by molar-refractivity contribution is -0.0488. The highest BCUT2D eigenvalue weighted by Gasteiger charge is 2.28. The van der Waals surface area contributed by atoms with Crippen molar-refractivity contribution in [3.8, 4) is 0 Å². The minimum atomic E-state index is -3.23. The molecule has 0 rings (SSSR count). The van der Waals surface area contributed by atoms with Gasteiger partial charge >= 0.3 is 0 Å². The maximum Gasteiger partial charge on any atom is 0.278 e. The van der Waals surface area contributed by atoms with Crippen LogP contribution in [0.4, 0.5) is 35.1 Å². The number of halogens is 8. The second kappa shape index (κ2) is 38.4. The second-order valence-corrected chi connectivity index (χ2v) is 4.21. The van der Waals surface area contributed by atoms with Crippen molar-refractivity contribution in [2.75, 3.05) is 54.1 Å². The second-order valence-electron chi connectivity index (χ2n) is 4.21. The van der Waals surface area contributed by atoms with E-state index < -0.39 is 38.0 Å². The summed E-state index contributed by atoms with van der Waals surface area (Å²) in [7, 11) is 1.00. The van der Waals surface area contributed by atoms with Crippen LogP contribution in [0.1, 0.15) is 42.5 Å². The molecule has 0 N–H and O–H groups in total. The van der Waals surface area contributed by atoms with Crippen molar-refractivity contribution in [2.24, 2.45) is 0 Å². The van der Waals surface area contributed by atoms with Gasteiger partial charge in [-0.2, -0.15) is 0 Å². The minimum absolute atomic E-state index is 0. The fourth-order valence-corrected chi connectivity index (χ4v) is 0.910. The smallest absolute Gasteiger partial charge is 0.278 e. The molecule has 0 fully saturated rings. The van der Waals surface area contributed by atoms with Crippen molar-refractivity contribution in [2.45, 2.75) is 54.4 Å². The summed E-state index contributed by atoms with van der Waals surface area (Å²) in [5.74, 6) is -6.47. The first-order valence-corrected chi connectivity index (χ1v) is 7.25. The van der Waals surface area contributed by atoms with Crippen LogP contribution >= 0.6 is 0 Å². The van der Waals surface area contributed by atoms with Gasteiger partial charge in [0.25, 0.3) is 11.8 Å². The molecule has 192 valence electrons. The van der Waals surface area contributed by atoms with Gasteiger partial charge in [-0.15, -0.1) is 13.2 Å². The van der Waals surface area contributed by atoms with Gasteiger partial charge in [0, 0.05) is 12.8 Å². The van der Waals surface area contributed by atoms with Crippen LogP contribution in [0.15, 0.2) is 25.3 Å². The van der Waals surface area contributed by atoms with E-state index in [4.69, 9.17) is 0 Å². The molecule has 0 aliphatic rings. The van der Waals surface area contributed by atoms with Gasteiger partial charge in [-0.05, 0) is 0 Å². The normalized spacial score (nSPS) is 8.87. The molecule has 30 heavy (non-hydrogen) atoms. The van der Waals surface area contributed by atoms with E-state index in [1.807, 2.05) is 0 Å². The highest BCUT2D eigenvalue weighted by molar-refractivity contribution is 4.67. The SMILES string of the molecule is C.C.C.C.C=CCOCCC(F)(F)CF.C=CCOCCC(F)(F)CF.CF.CF. The van der Waals surface area contributed by atoms with E-state index in [-0.39, 0.29) is 56.1 Å². The Kier molecular flexibility index (Phi) is 66.0. The van der Waals surface area contributed by atoms with Crippen molar-refractivity contribution in [3.63, 3.8) is 0 Å². The molecular weight excluding hydrogens is 424 g/mol. The Hall–Kier alpha value is -1.16. The van der Waals surface area contributed by atoms with E-state index >= 15 is 0 Å². The Balaban J connectivity index is -0.0000000412. The fraction of sp³-hybridized carbons (Fsp3) is 0.800. The van der Waals surface area contributed by atoms with Gasteiger partial charge in [-0.25, -0.2) is 26.3 Å². The molecule has 0 aliphatic carbocycles. The third kappa shape index (κ3) is 50.5. The highest BCUT2D eigenvalue weighted by Crippen LogP contribution is 2.18. The highest BCUT2D eigenvalue weighted by atomic mass is 19.3. The minimum Gasteiger partial charge on any atom is -0.377 e. The van der Waals surface area contributed by atoms with E-state index in [1.54, 1.807) is 0 Å². The standard InChI is InChI=1S/2C7H11F3O.2CH3F.4CH4/c2*1-2-4-11-5-3-7(9,10)6-8;2*1-2;;;;/h2*2H,1,3-6H2;2*1H3;4*1H4. The summed E-state index contributed by atoms with van der Waals surface area (Å²) in [5.41, 5.74) is 0. The van der Waals surface area contributed by atoms with E-state index in [2.05, 4.69) is 22.6 Å². The molecule has 0 bridgehead atoms. The Morgan fingerprint density at radius 3 is 1.03 bits per heavy atom. The molecule has 0 aliphatic heterocycles. The predicted octanol–water partition coefficient (Wildman–Crippen LogP) is 8.08. The molecule has 0 atom stereocenters. The maximum absolute atomic E-state index is 12.1. The van der Waals surface area contributed by atoms with Crippen LogP contribution in [0, 0.1) is 0 Å². The molecule has 10 heteroatoms. The number of ether oxygens (including phenoxy) is 2. The summed E-state index contributed by atoms with van der Waals surface area (Å²) in [5, 5.41) is 0.